The largest absolute Gasteiger partial charge is 0.464 e. The van der Waals surface area contributed by atoms with Gasteiger partial charge in [0.2, 0.25) is 10.0 Å². The van der Waals surface area contributed by atoms with E-state index in [2.05, 4.69) is 5.10 Å². The molecule has 6 nitrogen and oxygen atoms in total. The van der Waals surface area contributed by atoms with Gasteiger partial charge in [0.05, 0.1) is 24.2 Å². The van der Waals surface area contributed by atoms with Crippen LogP contribution in [0.4, 0.5) is 11.4 Å². The van der Waals surface area contributed by atoms with Gasteiger partial charge in [-0.25, -0.2) is 14.8 Å². The number of halogens is 1. The number of allylic oxidation sites excluding steroid dienone is 1. The minimum atomic E-state index is -0.942. The van der Waals surface area contributed by atoms with Crippen molar-refractivity contribution in [1.82, 2.24) is 0 Å². The summed E-state index contributed by atoms with van der Waals surface area (Å²) in [5, 5.41) is 14.3. The Morgan fingerprint density at radius 1 is 0.879 bits per heavy atom. The lowest BCUT2D eigenvalue weighted by atomic mass is 10.1. The van der Waals surface area contributed by atoms with Crippen molar-refractivity contribution in [3.05, 3.63) is 108 Å². The van der Waals surface area contributed by atoms with Crippen molar-refractivity contribution in [1.29, 1.82) is 0 Å². The molecule has 0 bridgehead atoms. The SMILES string of the molecule is COC(=O)C1=NN(c2ccccc2)[C@@]2(C=CC(c3ccc(Cl)cc3)=NN2c2ccccc2)S1. The molecule has 0 unspecified atom stereocenters. The van der Waals surface area contributed by atoms with Crippen molar-refractivity contribution in [2.45, 2.75) is 4.99 Å². The van der Waals surface area contributed by atoms with Gasteiger partial charge in [0.1, 0.15) is 0 Å². The first kappa shape index (κ1) is 21.3. The Morgan fingerprint density at radius 3 is 2.03 bits per heavy atom. The van der Waals surface area contributed by atoms with Crippen LogP contribution < -0.4 is 10.0 Å². The van der Waals surface area contributed by atoms with Gasteiger partial charge in [0.25, 0.3) is 0 Å². The fourth-order valence-electron chi connectivity index (χ4n) is 3.64. The average molecular weight is 475 g/mol. The van der Waals surface area contributed by atoms with Crippen molar-refractivity contribution in [2.24, 2.45) is 10.2 Å². The second kappa shape index (κ2) is 8.77. The molecule has 2 aliphatic heterocycles. The smallest absolute Gasteiger partial charge is 0.365 e. The van der Waals surface area contributed by atoms with E-state index in [1.807, 2.05) is 102 Å². The summed E-state index contributed by atoms with van der Waals surface area (Å²) in [6.45, 7) is 0. The number of anilines is 2. The maximum absolute atomic E-state index is 12.5. The number of ether oxygens (including phenoxy) is 1. The van der Waals surface area contributed by atoms with Gasteiger partial charge in [-0.1, -0.05) is 60.1 Å². The molecule has 0 fully saturated rings. The number of benzene rings is 3. The molecular weight excluding hydrogens is 456 g/mol. The zero-order valence-electron chi connectivity index (χ0n) is 17.6. The zero-order valence-corrected chi connectivity index (χ0v) is 19.2. The second-order valence-electron chi connectivity index (χ2n) is 7.28. The lowest BCUT2D eigenvalue weighted by Gasteiger charge is -2.43. The van der Waals surface area contributed by atoms with Gasteiger partial charge < -0.3 is 4.74 Å². The van der Waals surface area contributed by atoms with Crippen molar-refractivity contribution >= 4 is 51.5 Å². The summed E-state index contributed by atoms with van der Waals surface area (Å²) in [5.74, 6) is -0.494. The molecule has 3 aromatic carbocycles. The summed E-state index contributed by atoms with van der Waals surface area (Å²) < 4.78 is 4.99. The van der Waals surface area contributed by atoms with E-state index in [0.29, 0.717) is 5.02 Å². The quantitative estimate of drug-likeness (QED) is 0.466. The van der Waals surface area contributed by atoms with Gasteiger partial charge in [-0.3, -0.25) is 0 Å². The average Bonchev–Trinajstić information content (AvgIpc) is 3.25. The highest BCUT2D eigenvalue weighted by Gasteiger charge is 2.51. The van der Waals surface area contributed by atoms with Crippen molar-refractivity contribution < 1.29 is 9.53 Å². The Bertz CT molecular complexity index is 1260. The maximum Gasteiger partial charge on any atom is 0.365 e. The number of carbonyl (C=O) groups excluding carboxylic acids is 1. The number of para-hydroxylation sites is 2. The number of carbonyl (C=O) groups is 1. The van der Waals surface area contributed by atoms with Crippen molar-refractivity contribution in [3.63, 3.8) is 0 Å². The lowest BCUT2D eigenvalue weighted by Crippen LogP contribution is -2.53. The van der Waals surface area contributed by atoms with E-state index >= 15 is 0 Å². The number of hydrogen-bond donors (Lipinski definition) is 0. The molecule has 0 saturated carbocycles. The predicted octanol–water partition coefficient (Wildman–Crippen LogP) is 5.51. The Labute approximate surface area is 200 Å². The molecule has 5 rings (SSSR count). The Hall–Kier alpha value is -3.55. The van der Waals surface area contributed by atoms with Gasteiger partial charge in [-0.05, 0) is 60.3 Å². The van der Waals surface area contributed by atoms with Crippen LogP contribution in [0.5, 0.6) is 0 Å². The molecule has 0 saturated heterocycles. The minimum absolute atomic E-state index is 0.247. The molecule has 1 spiro atoms. The molecule has 2 heterocycles. The summed E-state index contributed by atoms with van der Waals surface area (Å²) in [4.78, 5) is 11.5. The van der Waals surface area contributed by atoms with Gasteiger partial charge in [-0.2, -0.15) is 10.2 Å². The van der Waals surface area contributed by atoms with Crippen LogP contribution in [0.2, 0.25) is 5.02 Å². The van der Waals surface area contributed by atoms with Crippen molar-refractivity contribution in [2.75, 3.05) is 17.1 Å². The molecule has 33 heavy (non-hydrogen) atoms. The molecule has 0 radical (unpaired) electrons. The highest BCUT2D eigenvalue weighted by Crippen LogP contribution is 2.47. The first-order valence-corrected chi connectivity index (χ1v) is 11.4. The fourth-order valence-corrected chi connectivity index (χ4v) is 4.95. The van der Waals surface area contributed by atoms with Gasteiger partial charge in [0, 0.05) is 10.6 Å². The Kier molecular flexibility index (Phi) is 5.66. The van der Waals surface area contributed by atoms with Crippen LogP contribution >= 0.6 is 23.4 Å². The Balaban J connectivity index is 1.66. The van der Waals surface area contributed by atoms with E-state index < -0.39 is 11.0 Å². The molecule has 2 aliphatic rings. The number of hydrazone groups is 2. The van der Waals surface area contributed by atoms with Crippen LogP contribution in [0.1, 0.15) is 5.56 Å². The van der Waals surface area contributed by atoms with Crippen LogP contribution in [0.15, 0.2) is 107 Å². The number of hydrogen-bond acceptors (Lipinski definition) is 7. The van der Waals surface area contributed by atoms with E-state index in [1.165, 1.54) is 18.9 Å². The van der Waals surface area contributed by atoms with Crippen molar-refractivity contribution in [3.8, 4) is 0 Å². The minimum Gasteiger partial charge on any atom is -0.464 e. The number of rotatable bonds is 4. The molecule has 0 amide bonds. The van der Waals surface area contributed by atoms with Gasteiger partial charge >= 0.3 is 5.97 Å². The highest BCUT2D eigenvalue weighted by molar-refractivity contribution is 8.17. The van der Waals surface area contributed by atoms with E-state index in [1.54, 1.807) is 5.01 Å². The molecule has 0 N–H and O–H groups in total. The monoisotopic (exact) mass is 474 g/mol. The molecule has 8 heteroatoms. The fraction of sp³-hybridized carbons (Fsp3) is 0.0800. The summed E-state index contributed by atoms with van der Waals surface area (Å²) in [5.41, 5.74) is 3.36. The van der Waals surface area contributed by atoms with E-state index in [4.69, 9.17) is 21.4 Å². The third kappa shape index (κ3) is 3.90. The van der Waals surface area contributed by atoms with E-state index in [-0.39, 0.29) is 5.04 Å². The third-order valence-electron chi connectivity index (χ3n) is 5.21. The topological polar surface area (TPSA) is 57.5 Å². The summed E-state index contributed by atoms with van der Waals surface area (Å²) in [6.07, 6.45) is 3.95. The van der Waals surface area contributed by atoms with Crippen LogP contribution in [-0.4, -0.2) is 28.8 Å². The lowest BCUT2D eigenvalue weighted by molar-refractivity contribution is -0.132. The number of nitrogens with zero attached hydrogens (tertiary/aromatic N) is 4. The third-order valence-corrected chi connectivity index (χ3v) is 6.69. The second-order valence-corrected chi connectivity index (χ2v) is 8.91. The van der Waals surface area contributed by atoms with Crippen LogP contribution in [0, 0.1) is 0 Å². The summed E-state index contributed by atoms with van der Waals surface area (Å²) >= 11 is 7.37. The molecule has 0 aliphatic carbocycles. The molecular formula is C25H19ClN4O2S. The zero-order chi connectivity index (χ0) is 22.8. The normalized spacial score (nSPS) is 19.5. The van der Waals surface area contributed by atoms with Crippen LogP contribution in [0.25, 0.3) is 0 Å². The first-order valence-electron chi connectivity index (χ1n) is 10.2. The maximum atomic E-state index is 12.5. The highest BCUT2D eigenvalue weighted by atomic mass is 35.5. The van der Waals surface area contributed by atoms with E-state index in [9.17, 15) is 4.79 Å². The standard InChI is InChI=1S/C25H19ClN4O2S/c1-32-24(31)23-28-30(21-10-6-3-7-11-21)25(33-23)17-16-22(18-12-14-19(26)15-13-18)27-29(25)20-8-4-2-5-9-20/h2-17H,1H3/t25-/m0/s1. The van der Waals surface area contributed by atoms with Gasteiger partial charge in [-0.15, -0.1) is 0 Å². The number of thioether (sulfide) groups is 1. The predicted molar refractivity (Wildman–Crippen MR) is 135 cm³/mol. The van der Waals surface area contributed by atoms with E-state index in [0.717, 1.165) is 22.6 Å². The summed E-state index contributed by atoms with van der Waals surface area (Å²) in [7, 11) is 1.35. The van der Waals surface area contributed by atoms with Crippen LogP contribution in [-0.2, 0) is 9.53 Å². The number of esters is 1. The number of methoxy groups -OCH3 is 1. The molecule has 164 valence electrons. The van der Waals surface area contributed by atoms with Crippen LogP contribution in [0.3, 0.4) is 0 Å². The molecule has 1 atom stereocenters. The van der Waals surface area contributed by atoms with Gasteiger partial charge in [0.15, 0.2) is 0 Å². The Morgan fingerprint density at radius 2 is 1.45 bits per heavy atom. The molecule has 0 aromatic heterocycles. The molecule has 3 aromatic rings. The summed E-state index contributed by atoms with van der Waals surface area (Å²) in [6, 6.07) is 27.0. The first-order chi connectivity index (χ1) is 16.1.